The molecule has 0 radical (unpaired) electrons. The second-order valence-corrected chi connectivity index (χ2v) is 8.68. The van der Waals surface area contributed by atoms with Crippen LogP contribution in [0.3, 0.4) is 0 Å². The molecule has 0 aromatic heterocycles. The number of nitrogens with one attached hydrogen (secondary N) is 1. The average molecular weight is 422 g/mol. The third-order valence-corrected chi connectivity index (χ3v) is 6.24. The van der Waals surface area contributed by atoms with E-state index in [1.807, 2.05) is 0 Å². The maximum absolute atomic E-state index is 14.5. The van der Waals surface area contributed by atoms with Gasteiger partial charge in [0.25, 0.3) is 5.92 Å². The summed E-state index contributed by atoms with van der Waals surface area (Å²) in [4.78, 5) is 13.1. The summed E-state index contributed by atoms with van der Waals surface area (Å²) in [5.74, 6) is -5.69. The molecule has 29 heavy (non-hydrogen) atoms. The quantitative estimate of drug-likeness (QED) is 0.560. The molecule has 0 heterocycles. The van der Waals surface area contributed by atoms with Crippen LogP contribution in [-0.4, -0.2) is 11.8 Å². The molecule has 1 N–H and O–H groups in total. The Morgan fingerprint density at radius 1 is 1.14 bits per heavy atom. The average Bonchev–Trinajstić information content (AvgIpc) is 3.42. The van der Waals surface area contributed by atoms with Crippen molar-refractivity contribution < 1.29 is 18.0 Å². The van der Waals surface area contributed by atoms with Crippen LogP contribution in [0.4, 0.5) is 18.9 Å². The van der Waals surface area contributed by atoms with Gasteiger partial charge < -0.3 is 5.32 Å². The van der Waals surface area contributed by atoms with E-state index in [1.165, 1.54) is 6.07 Å². The SMILES string of the molecule is O=C(Nc1cc(CC2CC2)ccc1F)C(c1ccc(Cl)cc1)C1CCCC1(F)F. The molecule has 2 aromatic rings. The highest BCUT2D eigenvalue weighted by Crippen LogP contribution is 2.48. The Bertz CT molecular complexity index is 895. The number of amides is 1. The van der Waals surface area contributed by atoms with Crippen LogP contribution in [0, 0.1) is 17.7 Å². The van der Waals surface area contributed by atoms with Crippen LogP contribution in [0.25, 0.3) is 0 Å². The molecule has 2 aliphatic carbocycles. The fraction of sp³-hybridized carbons (Fsp3) is 0.435. The highest BCUT2D eigenvalue weighted by Gasteiger charge is 2.50. The molecule has 2 aliphatic rings. The summed E-state index contributed by atoms with van der Waals surface area (Å²) in [6, 6.07) is 11.0. The molecular weight excluding hydrogens is 399 g/mol. The largest absolute Gasteiger partial charge is 0.323 e. The van der Waals surface area contributed by atoms with Crippen molar-refractivity contribution in [3.05, 3.63) is 64.4 Å². The van der Waals surface area contributed by atoms with E-state index in [0.29, 0.717) is 22.9 Å². The van der Waals surface area contributed by atoms with E-state index in [9.17, 15) is 18.0 Å². The summed E-state index contributed by atoms with van der Waals surface area (Å²) in [5.41, 5.74) is 1.46. The van der Waals surface area contributed by atoms with Crippen LogP contribution < -0.4 is 5.32 Å². The number of anilines is 1. The Balaban J connectivity index is 1.62. The van der Waals surface area contributed by atoms with Crippen molar-refractivity contribution in [3.63, 3.8) is 0 Å². The monoisotopic (exact) mass is 421 g/mol. The molecule has 1 amide bonds. The molecule has 0 spiro atoms. The van der Waals surface area contributed by atoms with E-state index < -0.39 is 29.5 Å². The Kier molecular flexibility index (Phi) is 5.60. The summed E-state index contributed by atoms with van der Waals surface area (Å²) in [5, 5.41) is 3.05. The predicted molar refractivity (Wildman–Crippen MR) is 108 cm³/mol. The van der Waals surface area contributed by atoms with Gasteiger partial charge in [-0.3, -0.25) is 4.79 Å². The molecular formula is C23H23ClF3NO. The van der Waals surface area contributed by atoms with Gasteiger partial charge >= 0.3 is 0 Å². The summed E-state index contributed by atoms with van der Waals surface area (Å²) in [6.45, 7) is 0. The normalized spacial score (nSPS) is 21.7. The van der Waals surface area contributed by atoms with Crippen molar-refractivity contribution >= 4 is 23.2 Å². The number of hydrogen-bond acceptors (Lipinski definition) is 1. The summed E-state index contributed by atoms with van der Waals surface area (Å²) >= 11 is 5.93. The molecule has 6 heteroatoms. The van der Waals surface area contributed by atoms with Crippen LogP contribution in [0.5, 0.6) is 0 Å². The van der Waals surface area contributed by atoms with E-state index >= 15 is 0 Å². The summed E-state index contributed by atoms with van der Waals surface area (Å²) in [6.07, 6.45) is 3.53. The molecule has 0 bridgehead atoms. The van der Waals surface area contributed by atoms with Crippen molar-refractivity contribution in [3.8, 4) is 0 Å². The molecule has 0 aliphatic heterocycles. The molecule has 2 unspecified atom stereocenters. The minimum atomic E-state index is -2.94. The van der Waals surface area contributed by atoms with Gasteiger partial charge in [-0.25, -0.2) is 13.2 Å². The van der Waals surface area contributed by atoms with E-state index in [-0.39, 0.29) is 18.5 Å². The van der Waals surface area contributed by atoms with Crippen LogP contribution in [0.1, 0.15) is 49.1 Å². The third-order valence-electron chi connectivity index (χ3n) is 5.99. The fourth-order valence-electron chi connectivity index (χ4n) is 4.26. The number of carbonyl (C=O) groups is 1. The second kappa shape index (κ2) is 8.02. The fourth-order valence-corrected chi connectivity index (χ4v) is 4.39. The Morgan fingerprint density at radius 2 is 1.86 bits per heavy atom. The van der Waals surface area contributed by atoms with Crippen molar-refractivity contribution in [2.75, 3.05) is 5.32 Å². The van der Waals surface area contributed by atoms with Crippen molar-refractivity contribution in [2.45, 2.75) is 50.4 Å². The van der Waals surface area contributed by atoms with Crippen LogP contribution in [-0.2, 0) is 11.2 Å². The Hall–Kier alpha value is -2.01. The first-order valence-corrected chi connectivity index (χ1v) is 10.4. The van der Waals surface area contributed by atoms with E-state index in [4.69, 9.17) is 11.6 Å². The molecule has 2 nitrogen and oxygen atoms in total. The second-order valence-electron chi connectivity index (χ2n) is 8.24. The first-order valence-electron chi connectivity index (χ1n) is 10.1. The molecule has 0 saturated heterocycles. The number of benzene rings is 2. The van der Waals surface area contributed by atoms with Crippen LogP contribution in [0.15, 0.2) is 42.5 Å². The topological polar surface area (TPSA) is 29.1 Å². The molecule has 4 rings (SSSR count). The van der Waals surface area contributed by atoms with Gasteiger partial charge in [0.1, 0.15) is 5.82 Å². The smallest absolute Gasteiger partial charge is 0.252 e. The van der Waals surface area contributed by atoms with Gasteiger partial charge in [0, 0.05) is 17.4 Å². The molecule has 2 fully saturated rings. The van der Waals surface area contributed by atoms with Crippen molar-refractivity contribution in [1.82, 2.24) is 0 Å². The number of rotatable bonds is 6. The highest BCUT2D eigenvalue weighted by atomic mass is 35.5. The van der Waals surface area contributed by atoms with Gasteiger partial charge in [0.15, 0.2) is 0 Å². The maximum atomic E-state index is 14.5. The lowest BCUT2D eigenvalue weighted by molar-refractivity contribution is -0.123. The zero-order chi connectivity index (χ0) is 20.6. The van der Waals surface area contributed by atoms with E-state index in [2.05, 4.69) is 5.32 Å². The number of alkyl halides is 2. The van der Waals surface area contributed by atoms with Crippen molar-refractivity contribution in [2.24, 2.45) is 11.8 Å². The van der Waals surface area contributed by atoms with Gasteiger partial charge in [0.2, 0.25) is 5.91 Å². The maximum Gasteiger partial charge on any atom is 0.252 e. The van der Waals surface area contributed by atoms with Gasteiger partial charge in [0.05, 0.1) is 11.6 Å². The Morgan fingerprint density at radius 3 is 2.48 bits per heavy atom. The van der Waals surface area contributed by atoms with Crippen molar-refractivity contribution in [1.29, 1.82) is 0 Å². The Labute approximate surface area is 173 Å². The lowest BCUT2D eigenvalue weighted by Crippen LogP contribution is -2.35. The first-order chi connectivity index (χ1) is 13.8. The number of halogens is 4. The summed E-state index contributed by atoms with van der Waals surface area (Å²) < 4.78 is 43.4. The zero-order valence-corrected chi connectivity index (χ0v) is 16.7. The zero-order valence-electron chi connectivity index (χ0n) is 15.9. The van der Waals surface area contributed by atoms with Crippen LogP contribution >= 0.6 is 11.6 Å². The number of hydrogen-bond donors (Lipinski definition) is 1. The first kappa shape index (κ1) is 20.3. The third kappa shape index (κ3) is 4.61. The van der Waals surface area contributed by atoms with Crippen LogP contribution in [0.2, 0.25) is 5.02 Å². The van der Waals surface area contributed by atoms with E-state index in [0.717, 1.165) is 24.8 Å². The molecule has 2 aromatic carbocycles. The molecule has 2 saturated carbocycles. The molecule has 2 atom stereocenters. The van der Waals surface area contributed by atoms with Gasteiger partial charge in [-0.1, -0.05) is 29.8 Å². The van der Waals surface area contributed by atoms with Gasteiger partial charge in [-0.15, -0.1) is 0 Å². The summed E-state index contributed by atoms with van der Waals surface area (Å²) in [7, 11) is 0. The minimum Gasteiger partial charge on any atom is -0.323 e. The highest BCUT2D eigenvalue weighted by molar-refractivity contribution is 6.30. The lowest BCUT2D eigenvalue weighted by Gasteiger charge is -2.28. The van der Waals surface area contributed by atoms with Gasteiger partial charge in [-0.05, 0) is 73.4 Å². The minimum absolute atomic E-state index is 0.0495. The van der Waals surface area contributed by atoms with E-state index in [1.54, 1.807) is 36.4 Å². The predicted octanol–water partition coefficient (Wildman–Crippen LogP) is 6.59. The lowest BCUT2D eigenvalue weighted by atomic mass is 9.82. The standard InChI is InChI=1S/C23H23ClF3NO/c24-17-8-6-16(7-9-17)21(18-2-1-11-23(18,26)27)22(29)28-20-13-15(5-10-19(20)25)12-14-3-4-14/h5-10,13-14,18,21H,1-4,11-12H2,(H,28,29). The van der Waals surface area contributed by atoms with Gasteiger partial charge in [-0.2, -0.15) is 0 Å². The number of carbonyl (C=O) groups excluding carboxylic acids is 1. The molecule has 154 valence electrons.